The molecule has 2 rings (SSSR count). The lowest BCUT2D eigenvalue weighted by atomic mass is 10.1. The van der Waals surface area contributed by atoms with E-state index in [2.05, 4.69) is 29.7 Å². The fourth-order valence-electron chi connectivity index (χ4n) is 2.02. The van der Waals surface area contributed by atoms with Crippen LogP contribution in [0.1, 0.15) is 24.0 Å². The molecule has 1 aliphatic rings. The molecule has 16 heavy (non-hydrogen) atoms. The van der Waals surface area contributed by atoms with Crippen molar-refractivity contribution < 1.29 is 4.79 Å². The Morgan fingerprint density at radius 2 is 2.31 bits per heavy atom. The topological polar surface area (TPSA) is 41.1 Å². The number of rotatable bonds is 3. The van der Waals surface area contributed by atoms with Crippen molar-refractivity contribution >= 4 is 5.91 Å². The number of amides is 1. The van der Waals surface area contributed by atoms with E-state index in [1.807, 2.05) is 12.1 Å². The Morgan fingerprint density at radius 3 is 3.00 bits per heavy atom. The fourth-order valence-corrected chi connectivity index (χ4v) is 2.02. The van der Waals surface area contributed by atoms with Crippen LogP contribution >= 0.6 is 0 Å². The van der Waals surface area contributed by atoms with Crippen molar-refractivity contribution in [3.63, 3.8) is 0 Å². The molecule has 1 saturated heterocycles. The molecule has 0 aromatic heterocycles. The van der Waals surface area contributed by atoms with Gasteiger partial charge in [0.25, 0.3) is 0 Å². The number of aryl methyl sites for hydroxylation is 1. The minimum absolute atomic E-state index is 0.0176. The minimum atomic E-state index is 0.0176. The molecule has 0 radical (unpaired) electrons. The number of hydrogen-bond donors (Lipinski definition) is 2. The zero-order valence-corrected chi connectivity index (χ0v) is 9.62. The van der Waals surface area contributed by atoms with Crippen LogP contribution in [0.25, 0.3) is 0 Å². The maximum Gasteiger partial charge on any atom is 0.237 e. The highest BCUT2D eigenvalue weighted by atomic mass is 16.2. The van der Waals surface area contributed by atoms with Gasteiger partial charge in [0.2, 0.25) is 5.91 Å². The van der Waals surface area contributed by atoms with Crippen LogP contribution in [0.4, 0.5) is 0 Å². The van der Waals surface area contributed by atoms with E-state index >= 15 is 0 Å². The highest BCUT2D eigenvalue weighted by Gasteiger charge is 2.21. The zero-order valence-electron chi connectivity index (χ0n) is 9.62. The number of carbonyl (C=O) groups is 1. The number of carbonyl (C=O) groups excluding carboxylic acids is 1. The third-order valence-electron chi connectivity index (χ3n) is 3.09. The number of nitrogens with one attached hydrogen (secondary N) is 2. The van der Waals surface area contributed by atoms with Crippen molar-refractivity contribution in [2.45, 2.75) is 32.4 Å². The van der Waals surface area contributed by atoms with E-state index in [0.29, 0.717) is 6.54 Å². The Hall–Kier alpha value is -1.35. The molecule has 1 atom stereocenters. The smallest absolute Gasteiger partial charge is 0.237 e. The average Bonchev–Trinajstić information content (AvgIpc) is 2.81. The second-order valence-corrected chi connectivity index (χ2v) is 4.29. The third-order valence-corrected chi connectivity index (χ3v) is 3.09. The Kier molecular flexibility index (Phi) is 3.57. The second kappa shape index (κ2) is 5.12. The van der Waals surface area contributed by atoms with Gasteiger partial charge in [0.15, 0.2) is 0 Å². The van der Waals surface area contributed by atoms with Crippen molar-refractivity contribution in [3.8, 4) is 0 Å². The van der Waals surface area contributed by atoms with E-state index < -0.39 is 0 Å². The molecular formula is C13H18N2O. The van der Waals surface area contributed by atoms with Gasteiger partial charge in [0.05, 0.1) is 6.04 Å². The summed E-state index contributed by atoms with van der Waals surface area (Å²) in [7, 11) is 0. The second-order valence-electron chi connectivity index (χ2n) is 4.29. The molecule has 0 spiro atoms. The Labute approximate surface area is 96.2 Å². The van der Waals surface area contributed by atoms with Gasteiger partial charge in [-0.25, -0.2) is 0 Å². The van der Waals surface area contributed by atoms with Crippen LogP contribution < -0.4 is 10.6 Å². The van der Waals surface area contributed by atoms with E-state index in [-0.39, 0.29) is 11.9 Å². The van der Waals surface area contributed by atoms with Crippen LogP contribution in [-0.4, -0.2) is 18.5 Å². The molecule has 0 aliphatic carbocycles. The van der Waals surface area contributed by atoms with Gasteiger partial charge >= 0.3 is 0 Å². The van der Waals surface area contributed by atoms with E-state index in [9.17, 15) is 4.79 Å². The van der Waals surface area contributed by atoms with Crippen molar-refractivity contribution in [2.24, 2.45) is 0 Å². The highest BCUT2D eigenvalue weighted by molar-refractivity contribution is 5.82. The van der Waals surface area contributed by atoms with Gasteiger partial charge < -0.3 is 10.6 Å². The Bertz CT molecular complexity index is 370. The predicted molar refractivity (Wildman–Crippen MR) is 64.1 cm³/mol. The minimum Gasteiger partial charge on any atom is -0.351 e. The summed E-state index contributed by atoms with van der Waals surface area (Å²) in [4.78, 5) is 11.8. The number of hydrogen-bond acceptors (Lipinski definition) is 2. The van der Waals surface area contributed by atoms with Crippen molar-refractivity contribution in [3.05, 3.63) is 35.4 Å². The monoisotopic (exact) mass is 218 g/mol. The lowest BCUT2D eigenvalue weighted by Crippen LogP contribution is -2.40. The maximum absolute atomic E-state index is 11.8. The first-order chi connectivity index (χ1) is 7.77. The van der Waals surface area contributed by atoms with Gasteiger partial charge in [-0.2, -0.15) is 0 Å². The van der Waals surface area contributed by atoms with E-state index in [1.165, 1.54) is 11.1 Å². The van der Waals surface area contributed by atoms with Gasteiger partial charge in [-0.1, -0.05) is 24.3 Å². The first-order valence-corrected chi connectivity index (χ1v) is 5.83. The lowest BCUT2D eigenvalue weighted by Gasteiger charge is -2.12. The molecule has 1 aromatic rings. The van der Waals surface area contributed by atoms with E-state index in [4.69, 9.17) is 0 Å². The first kappa shape index (κ1) is 11.1. The molecule has 1 amide bonds. The molecule has 3 heteroatoms. The summed E-state index contributed by atoms with van der Waals surface area (Å²) in [5.74, 6) is 0.126. The first-order valence-electron chi connectivity index (χ1n) is 5.83. The molecule has 0 bridgehead atoms. The quantitative estimate of drug-likeness (QED) is 0.804. The Balaban J connectivity index is 1.87. The molecular weight excluding hydrogens is 200 g/mol. The van der Waals surface area contributed by atoms with Crippen LogP contribution in [0, 0.1) is 6.92 Å². The van der Waals surface area contributed by atoms with Crippen LogP contribution in [0.3, 0.4) is 0 Å². The average molecular weight is 218 g/mol. The van der Waals surface area contributed by atoms with E-state index in [0.717, 1.165) is 19.4 Å². The van der Waals surface area contributed by atoms with Crippen LogP contribution in [0.2, 0.25) is 0 Å². The van der Waals surface area contributed by atoms with Crippen LogP contribution in [-0.2, 0) is 11.3 Å². The standard InChI is InChI=1S/C13H18N2O/c1-10-5-2-3-6-11(10)9-15-13(16)12-7-4-8-14-12/h2-3,5-6,12,14H,4,7-9H2,1H3,(H,15,16)/t12-/m0/s1. The summed E-state index contributed by atoms with van der Waals surface area (Å²) >= 11 is 0. The van der Waals surface area contributed by atoms with Gasteiger partial charge in [-0.05, 0) is 37.4 Å². The molecule has 86 valence electrons. The summed E-state index contributed by atoms with van der Waals surface area (Å²) in [5.41, 5.74) is 2.41. The molecule has 1 fully saturated rings. The Morgan fingerprint density at radius 1 is 1.50 bits per heavy atom. The van der Waals surface area contributed by atoms with Gasteiger partial charge in [-0.15, -0.1) is 0 Å². The van der Waals surface area contributed by atoms with Crippen molar-refractivity contribution in [2.75, 3.05) is 6.54 Å². The van der Waals surface area contributed by atoms with E-state index in [1.54, 1.807) is 0 Å². The molecule has 1 aromatic carbocycles. The largest absolute Gasteiger partial charge is 0.351 e. The van der Waals surface area contributed by atoms with Gasteiger partial charge in [-0.3, -0.25) is 4.79 Å². The summed E-state index contributed by atoms with van der Waals surface area (Å²) in [5, 5.41) is 6.18. The summed E-state index contributed by atoms with van der Waals surface area (Å²) in [6, 6.07) is 8.15. The molecule has 3 nitrogen and oxygen atoms in total. The normalized spacial score (nSPS) is 19.7. The third kappa shape index (κ3) is 2.61. The predicted octanol–water partition coefficient (Wildman–Crippen LogP) is 1.36. The van der Waals surface area contributed by atoms with Crippen LogP contribution in [0.15, 0.2) is 24.3 Å². The maximum atomic E-state index is 11.8. The SMILES string of the molecule is Cc1ccccc1CNC(=O)[C@@H]1CCCN1. The molecule has 0 unspecified atom stereocenters. The summed E-state index contributed by atoms with van der Waals surface area (Å²) in [6.45, 7) is 3.65. The van der Waals surface area contributed by atoms with Crippen molar-refractivity contribution in [1.82, 2.24) is 10.6 Å². The van der Waals surface area contributed by atoms with Crippen LogP contribution in [0.5, 0.6) is 0 Å². The van der Waals surface area contributed by atoms with Crippen molar-refractivity contribution in [1.29, 1.82) is 0 Å². The number of benzene rings is 1. The lowest BCUT2D eigenvalue weighted by molar-refractivity contribution is -0.122. The summed E-state index contributed by atoms with van der Waals surface area (Å²) in [6.07, 6.45) is 2.06. The molecule has 0 saturated carbocycles. The highest BCUT2D eigenvalue weighted by Crippen LogP contribution is 2.08. The fraction of sp³-hybridized carbons (Fsp3) is 0.462. The molecule has 2 N–H and O–H groups in total. The summed E-state index contributed by atoms with van der Waals surface area (Å²) < 4.78 is 0. The molecule has 1 aliphatic heterocycles. The zero-order chi connectivity index (χ0) is 11.4. The van der Waals surface area contributed by atoms with Gasteiger partial charge in [0.1, 0.15) is 0 Å². The molecule has 1 heterocycles. The van der Waals surface area contributed by atoms with Gasteiger partial charge in [0, 0.05) is 6.54 Å².